The second-order valence-electron chi connectivity index (χ2n) is 5.74. The quantitative estimate of drug-likeness (QED) is 0.789. The molecule has 2 saturated heterocycles. The van der Waals surface area contributed by atoms with Crippen LogP contribution < -0.4 is 10.6 Å². The van der Waals surface area contributed by atoms with Gasteiger partial charge in [-0.2, -0.15) is 0 Å². The van der Waals surface area contributed by atoms with Gasteiger partial charge in [0.2, 0.25) is 5.91 Å². The summed E-state index contributed by atoms with van der Waals surface area (Å²) in [4.78, 5) is 14.5. The number of likely N-dealkylation sites (tertiary alicyclic amines) is 1. The van der Waals surface area contributed by atoms with Gasteiger partial charge in [0.25, 0.3) is 0 Å². The second-order valence-corrected chi connectivity index (χ2v) is 5.74. The summed E-state index contributed by atoms with van der Waals surface area (Å²) in [6, 6.07) is 0.520. The van der Waals surface area contributed by atoms with Crippen LogP contribution in [-0.4, -0.2) is 49.1 Å². The fourth-order valence-electron chi connectivity index (χ4n) is 2.99. The molecule has 0 saturated carbocycles. The van der Waals surface area contributed by atoms with Crippen LogP contribution in [0.2, 0.25) is 0 Å². The topological polar surface area (TPSA) is 44.4 Å². The summed E-state index contributed by atoms with van der Waals surface area (Å²) < 4.78 is 0. The Balaban J connectivity index is 1.61. The maximum Gasteiger partial charge on any atom is 0.237 e. The zero-order valence-electron chi connectivity index (χ0n) is 11.6. The highest BCUT2D eigenvalue weighted by Gasteiger charge is 2.23. The van der Waals surface area contributed by atoms with Crippen molar-refractivity contribution in [3.63, 3.8) is 0 Å². The Hall–Kier alpha value is -0.610. The Labute approximate surface area is 110 Å². The van der Waals surface area contributed by atoms with Crippen LogP contribution in [0.15, 0.2) is 0 Å². The Morgan fingerprint density at radius 3 is 2.72 bits per heavy atom. The summed E-state index contributed by atoms with van der Waals surface area (Å²) in [5.41, 5.74) is 0. The highest BCUT2D eigenvalue weighted by Crippen LogP contribution is 2.12. The van der Waals surface area contributed by atoms with Crippen molar-refractivity contribution < 1.29 is 4.79 Å². The van der Waals surface area contributed by atoms with Gasteiger partial charge in [0.15, 0.2) is 0 Å². The van der Waals surface area contributed by atoms with Crippen LogP contribution in [0, 0.1) is 0 Å². The van der Waals surface area contributed by atoms with Crippen molar-refractivity contribution in [2.75, 3.05) is 26.2 Å². The molecule has 0 radical (unpaired) electrons. The lowest BCUT2D eigenvalue weighted by molar-refractivity contribution is -0.124. The average molecular weight is 253 g/mol. The first-order valence-corrected chi connectivity index (χ1v) is 7.52. The van der Waals surface area contributed by atoms with Crippen molar-refractivity contribution in [1.29, 1.82) is 0 Å². The molecular formula is C14H27N3O. The minimum Gasteiger partial charge on any atom is -0.353 e. The third-order valence-corrected chi connectivity index (χ3v) is 4.11. The summed E-state index contributed by atoms with van der Waals surface area (Å²) in [6.45, 7) is 6.37. The molecule has 2 rings (SSSR count). The molecule has 2 unspecified atom stereocenters. The van der Waals surface area contributed by atoms with Crippen LogP contribution in [0.3, 0.4) is 0 Å². The van der Waals surface area contributed by atoms with E-state index in [2.05, 4.69) is 22.5 Å². The van der Waals surface area contributed by atoms with E-state index < -0.39 is 0 Å². The van der Waals surface area contributed by atoms with E-state index >= 15 is 0 Å². The van der Waals surface area contributed by atoms with Crippen LogP contribution >= 0.6 is 0 Å². The molecule has 2 heterocycles. The normalized spacial score (nSPS) is 30.1. The Bertz CT molecular complexity index is 264. The van der Waals surface area contributed by atoms with E-state index in [1.165, 1.54) is 45.2 Å². The lowest BCUT2D eigenvalue weighted by atomic mass is 9.99. The van der Waals surface area contributed by atoms with E-state index in [4.69, 9.17) is 0 Å². The van der Waals surface area contributed by atoms with E-state index in [-0.39, 0.29) is 11.9 Å². The van der Waals surface area contributed by atoms with Crippen LogP contribution in [0.25, 0.3) is 0 Å². The predicted molar refractivity (Wildman–Crippen MR) is 73.5 cm³/mol. The first-order chi connectivity index (χ1) is 8.75. The average Bonchev–Trinajstić information content (AvgIpc) is 2.40. The molecular weight excluding hydrogens is 226 g/mol. The lowest BCUT2D eigenvalue weighted by Gasteiger charge is -2.29. The molecule has 18 heavy (non-hydrogen) atoms. The number of carbonyl (C=O) groups is 1. The molecule has 2 aliphatic heterocycles. The fraction of sp³-hybridized carbons (Fsp3) is 0.929. The third kappa shape index (κ3) is 4.25. The molecule has 104 valence electrons. The molecule has 4 nitrogen and oxygen atoms in total. The summed E-state index contributed by atoms with van der Waals surface area (Å²) in [6.07, 6.45) is 7.34. The van der Waals surface area contributed by atoms with Gasteiger partial charge in [0.05, 0.1) is 6.04 Å². The second kappa shape index (κ2) is 7.10. The maximum absolute atomic E-state index is 12.0. The number of amides is 1. The first-order valence-electron chi connectivity index (χ1n) is 7.52. The molecule has 2 N–H and O–H groups in total. The molecule has 2 fully saturated rings. The summed E-state index contributed by atoms with van der Waals surface area (Å²) in [5, 5.41) is 6.46. The summed E-state index contributed by atoms with van der Waals surface area (Å²) in [7, 11) is 0. The van der Waals surface area contributed by atoms with Gasteiger partial charge in [0, 0.05) is 19.1 Å². The molecule has 2 aliphatic rings. The van der Waals surface area contributed by atoms with Gasteiger partial charge < -0.3 is 15.5 Å². The van der Waals surface area contributed by atoms with Crippen molar-refractivity contribution in [3.8, 4) is 0 Å². The van der Waals surface area contributed by atoms with Gasteiger partial charge in [-0.25, -0.2) is 0 Å². The van der Waals surface area contributed by atoms with Crippen molar-refractivity contribution in [2.24, 2.45) is 0 Å². The molecule has 0 aliphatic carbocycles. The van der Waals surface area contributed by atoms with E-state index in [0.29, 0.717) is 6.04 Å². The lowest BCUT2D eigenvalue weighted by Crippen LogP contribution is -2.51. The number of nitrogens with one attached hydrogen (secondary N) is 2. The highest BCUT2D eigenvalue weighted by molar-refractivity contribution is 5.81. The number of hydrogen-bond donors (Lipinski definition) is 2. The summed E-state index contributed by atoms with van der Waals surface area (Å²) >= 11 is 0. The van der Waals surface area contributed by atoms with Gasteiger partial charge in [-0.3, -0.25) is 4.79 Å². The minimum atomic E-state index is 0.0371. The molecule has 0 aromatic carbocycles. The first kappa shape index (κ1) is 13.8. The Morgan fingerprint density at radius 1 is 1.22 bits per heavy atom. The molecule has 2 atom stereocenters. The van der Waals surface area contributed by atoms with Crippen molar-refractivity contribution >= 4 is 5.91 Å². The fourth-order valence-corrected chi connectivity index (χ4v) is 2.99. The minimum absolute atomic E-state index is 0.0371. The number of rotatable bonds is 4. The molecule has 0 spiro atoms. The number of nitrogens with zero attached hydrogens (tertiary/aromatic N) is 1. The third-order valence-electron chi connectivity index (χ3n) is 4.11. The summed E-state index contributed by atoms with van der Waals surface area (Å²) in [5.74, 6) is 0.193. The van der Waals surface area contributed by atoms with Crippen molar-refractivity contribution in [2.45, 2.75) is 57.5 Å². The molecule has 0 aromatic heterocycles. The van der Waals surface area contributed by atoms with E-state index in [9.17, 15) is 4.79 Å². The Morgan fingerprint density at radius 2 is 2.00 bits per heavy atom. The largest absolute Gasteiger partial charge is 0.353 e. The van der Waals surface area contributed by atoms with Gasteiger partial charge >= 0.3 is 0 Å². The monoisotopic (exact) mass is 253 g/mol. The zero-order valence-corrected chi connectivity index (χ0v) is 11.6. The Kier molecular flexibility index (Phi) is 5.45. The van der Waals surface area contributed by atoms with Gasteiger partial charge in [-0.05, 0) is 52.1 Å². The number of carbonyl (C=O) groups excluding carboxylic acids is 1. The van der Waals surface area contributed by atoms with Gasteiger partial charge in [0.1, 0.15) is 0 Å². The van der Waals surface area contributed by atoms with Crippen LogP contribution in [0.1, 0.15) is 45.4 Å². The van der Waals surface area contributed by atoms with Crippen LogP contribution in [0.4, 0.5) is 0 Å². The molecule has 1 amide bonds. The number of piperidine rings is 2. The van der Waals surface area contributed by atoms with E-state index in [1.807, 2.05) is 0 Å². The van der Waals surface area contributed by atoms with Crippen LogP contribution in [0.5, 0.6) is 0 Å². The zero-order chi connectivity index (χ0) is 12.8. The molecule has 4 heteroatoms. The van der Waals surface area contributed by atoms with Gasteiger partial charge in [-0.15, -0.1) is 0 Å². The predicted octanol–water partition coefficient (Wildman–Crippen LogP) is 1.12. The van der Waals surface area contributed by atoms with Crippen molar-refractivity contribution in [1.82, 2.24) is 15.5 Å². The van der Waals surface area contributed by atoms with Crippen molar-refractivity contribution in [3.05, 3.63) is 0 Å². The van der Waals surface area contributed by atoms with E-state index in [0.717, 1.165) is 19.5 Å². The smallest absolute Gasteiger partial charge is 0.237 e. The van der Waals surface area contributed by atoms with Gasteiger partial charge in [-0.1, -0.05) is 6.42 Å². The standard InChI is InChI=1S/C14H27N3O/c1-12-6-5-7-13(16-12)14(18)15-8-11-17-9-3-2-4-10-17/h12-13,16H,2-11H2,1H3,(H,15,18). The highest BCUT2D eigenvalue weighted by atomic mass is 16.2. The molecule has 0 bridgehead atoms. The van der Waals surface area contributed by atoms with Crippen LogP contribution in [-0.2, 0) is 4.79 Å². The van der Waals surface area contributed by atoms with E-state index in [1.54, 1.807) is 0 Å². The number of hydrogen-bond acceptors (Lipinski definition) is 3. The SMILES string of the molecule is CC1CCCC(C(=O)NCCN2CCCCC2)N1. The molecule has 0 aromatic rings. The maximum atomic E-state index is 12.0.